The molecule has 0 radical (unpaired) electrons. The Labute approximate surface area is 93.0 Å². The van der Waals surface area contributed by atoms with Gasteiger partial charge in [-0.3, -0.25) is 0 Å². The first kappa shape index (κ1) is 11.5. The van der Waals surface area contributed by atoms with Gasteiger partial charge in [-0.15, -0.1) is 0 Å². The summed E-state index contributed by atoms with van der Waals surface area (Å²) in [6.07, 6.45) is 0.878. The second kappa shape index (κ2) is 6.04. The Balaban J connectivity index is 2.31. The molecular formula is C11H15BrO2. The summed E-state index contributed by atoms with van der Waals surface area (Å²) in [5.41, 5.74) is 0. The summed E-state index contributed by atoms with van der Waals surface area (Å²) in [6.45, 7) is 2.88. The van der Waals surface area contributed by atoms with Crippen molar-refractivity contribution in [3.05, 3.63) is 28.7 Å². The van der Waals surface area contributed by atoms with Crippen molar-refractivity contribution in [2.75, 3.05) is 13.2 Å². The maximum atomic E-state index is 8.81. The Kier molecular flexibility index (Phi) is 4.98. The fourth-order valence-electron chi connectivity index (χ4n) is 1.03. The van der Waals surface area contributed by atoms with E-state index in [1.165, 1.54) is 0 Å². The van der Waals surface area contributed by atoms with Gasteiger partial charge in [0.2, 0.25) is 0 Å². The van der Waals surface area contributed by atoms with Crippen LogP contribution in [-0.4, -0.2) is 18.3 Å². The Bertz CT molecular complexity index is 276. The third-order valence-corrected chi connectivity index (χ3v) is 2.48. The molecule has 0 spiro atoms. The predicted molar refractivity (Wildman–Crippen MR) is 60.5 cm³/mol. The number of ether oxygens (including phenoxy) is 1. The van der Waals surface area contributed by atoms with Gasteiger partial charge in [0.1, 0.15) is 5.75 Å². The predicted octanol–water partition coefficient (Wildman–Crippen LogP) is 2.85. The molecule has 0 aliphatic carbocycles. The van der Waals surface area contributed by atoms with E-state index >= 15 is 0 Å². The van der Waals surface area contributed by atoms with E-state index in [1.54, 1.807) is 0 Å². The molecule has 1 rings (SSSR count). The van der Waals surface area contributed by atoms with E-state index in [0.29, 0.717) is 12.5 Å². The van der Waals surface area contributed by atoms with Crippen molar-refractivity contribution in [3.8, 4) is 5.75 Å². The monoisotopic (exact) mass is 258 g/mol. The molecule has 1 unspecified atom stereocenters. The number of hydrogen-bond donors (Lipinski definition) is 1. The minimum absolute atomic E-state index is 0.224. The van der Waals surface area contributed by atoms with Crippen molar-refractivity contribution >= 4 is 15.9 Å². The molecule has 1 atom stereocenters. The molecule has 1 N–H and O–H groups in total. The van der Waals surface area contributed by atoms with Crippen LogP contribution in [-0.2, 0) is 0 Å². The number of aliphatic hydroxyl groups is 1. The molecule has 78 valence electrons. The highest BCUT2D eigenvalue weighted by atomic mass is 79.9. The lowest BCUT2D eigenvalue weighted by molar-refractivity contribution is 0.202. The maximum absolute atomic E-state index is 8.81. The van der Waals surface area contributed by atoms with Gasteiger partial charge in [-0.05, 0) is 30.5 Å². The van der Waals surface area contributed by atoms with E-state index in [2.05, 4.69) is 15.9 Å². The Morgan fingerprint density at radius 3 is 2.93 bits per heavy atom. The van der Waals surface area contributed by atoms with Gasteiger partial charge in [0.15, 0.2) is 0 Å². The molecule has 2 nitrogen and oxygen atoms in total. The third-order valence-electron chi connectivity index (χ3n) is 1.99. The normalized spacial score (nSPS) is 12.5. The zero-order valence-corrected chi connectivity index (χ0v) is 9.83. The minimum Gasteiger partial charge on any atom is -0.494 e. The summed E-state index contributed by atoms with van der Waals surface area (Å²) >= 11 is 3.38. The van der Waals surface area contributed by atoms with Crippen LogP contribution in [0.5, 0.6) is 5.75 Å². The molecule has 1 aromatic rings. The highest BCUT2D eigenvalue weighted by Gasteiger charge is 2.00. The van der Waals surface area contributed by atoms with E-state index in [4.69, 9.17) is 9.84 Å². The van der Waals surface area contributed by atoms with Gasteiger partial charge in [-0.1, -0.05) is 28.9 Å². The Morgan fingerprint density at radius 1 is 1.50 bits per heavy atom. The van der Waals surface area contributed by atoms with Crippen molar-refractivity contribution in [3.63, 3.8) is 0 Å². The fraction of sp³-hybridized carbons (Fsp3) is 0.455. The van der Waals surface area contributed by atoms with E-state index in [0.717, 1.165) is 16.6 Å². The van der Waals surface area contributed by atoms with Crippen molar-refractivity contribution in [1.29, 1.82) is 0 Å². The average molecular weight is 259 g/mol. The molecule has 0 fully saturated rings. The first-order valence-corrected chi connectivity index (χ1v) is 5.51. The average Bonchev–Trinajstić information content (AvgIpc) is 2.17. The molecule has 14 heavy (non-hydrogen) atoms. The standard InChI is InChI=1S/C11H15BrO2/c1-9(8-13)5-6-14-11-4-2-3-10(12)7-11/h2-4,7,9,13H,5-6,8H2,1H3. The SMILES string of the molecule is CC(CO)CCOc1cccc(Br)c1. The Morgan fingerprint density at radius 2 is 2.29 bits per heavy atom. The highest BCUT2D eigenvalue weighted by molar-refractivity contribution is 9.10. The van der Waals surface area contributed by atoms with E-state index in [9.17, 15) is 0 Å². The lowest BCUT2D eigenvalue weighted by atomic mass is 10.1. The molecule has 0 saturated heterocycles. The van der Waals surface area contributed by atoms with Crippen LogP contribution in [0.2, 0.25) is 0 Å². The van der Waals surface area contributed by atoms with E-state index in [-0.39, 0.29) is 6.61 Å². The topological polar surface area (TPSA) is 29.5 Å². The van der Waals surface area contributed by atoms with Crippen LogP contribution in [0.1, 0.15) is 13.3 Å². The number of halogens is 1. The molecule has 0 aliphatic rings. The van der Waals surface area contributed by atoms with Gasteiger partial charge in [0, 0.05) is 11.1 Å². The second-order valence-electron chi connectivity index (χ2n) is 3.38. The van der Waals surface area contributed by atoms with Gasteiger partial charge in [-0.25, -0.2) is 0 Å². The highest BCUT2D eigenvalue weighted by Crippen LogP contribution is 2.18. The summed E-state index contributed by atoms with van der Waals surface area (Å²) < 4.78 is 6.54. The van der Waals surface area contributed by atoms with Crippen molar-refractivity contribution in [2.45, 2.75) is 13.3 Å². The third kappa shape index (κ3) is 4.11. The van der Waals surface area contributed by atoms with Crippen molar-refractivity contribution < 1.29 is 9.84 Å². The second-order valence-corrected chi connectivity index (χ2v) is 4.30. The molecule has 0 aromatic heterocycles. The smallest absolute Gasteiger partial charge is 0.120 e. The summed E-state index contributed by atoms with van der Waals surface area (Å²) in [5, 5.41) is 8.81. The number of hydrogen-bond acceptors (Lipinski definition) is 2. The van der Waals surface area contributed by atoms with Gasteiger partial charge in [0.25, 0.3) is 0 Å². The largest absolute Gasteiger partial charge is 0.494 e. The molecule has 0 heterocycles. The van der Waals surface area contributed by atoms with Crippen LogP contribution in [0.15, 0.2) is 28.7 Å². The summed E-state index contributed by atoms with van der Waals surface area (Å²) in [5.74, 6) is 1.17. The van der Waals surface area contributed by atoms with Gasteiger partial charge >= 0.3 is 0 Å². The molecule has 1 aromatic carbocycles. The number of aliphatic hydroxyl groups excluding tert-OH is 1. The van der Waals surface area contributed by atoms with Gasteiger partial charge in [0.05, 0.1) is 6.61 Å². The van der Waals surface area contributed by atoms with Crippen LogP contribution >= 0.6 is 15.9 Å². The van der Waals surface area contributed by atoms with Crippen LogP contribution in [0.3, 0.4) is 0 Å². The summed E-state index contributed by atoms with van der Waals surface area (Å²) in [6, 6.07) is 7.76. The zero-order valence-electron chi connectivity index (χ0n) is 8.24. The molecule has 0 bridgehead atoms. The maximum Gasteiger partial charge on any atom is 0.120 e. The fourth-order valence-corrected chi connectivity index (χ4v) is 1.40. The minimum atomic E-state index is 0.224. The number of benzene rings is 1. The van der Waals surface area contributed by atoms with Crippen LogP contribution in [0.4, 0.5) is 0 Å². The van der Waals surface area contributed by atoms with Crippen molar-refractivity contribution in [2.24, 2.45) is 5.92 Å². The number of rotatable bonds is 5. The molecule has 0 aliphatic heterocycles. The molecule has 0 amide bonds. The first-order chi connectivity index (χ1) is 6.72. The van der Waals surface area contributed by atoms with Gasteiger partial charge < -0.3 is 9.84 Å². The summed E-state index contributed by atoms with van der Waals surface area (Å²) in [4.78, 5) is 0. The van der Waals surface area contributed by atoms with Gasteiger partial charge in [-0.2, -0.15) is 0 Å². The molecular weight excluding hydrogens is 244 g/mol. The summed E-state index contributed by atoms with van der Waals surface area (Å²) in [7, 11) is 0. The first-order valence-electron chi connectivity index (χ1n) is 4.71. The van der Waals surface area contributed by atoms with Crippen molar-refractivity contribution in [1.82, 2.24) is 0 Å². The molecule has 0 saturated carbocycles. The quantitative estimate of drug-likeness (QED) is 0.881. The van der Waals surface area contributed by atoms with Crippen LogP contribution < -0.4 is 4.74 Å². The zero-order chi connectivity index (χ0) is 10.4. The molecule has 3 heteroatoms. The van der Waals surface area contributed by atoms with Crippen LogP contribution in [0.25, 0.3) is 0 Å². The lowest BCUT2D eigenvalue weighted by Gasteiger charge is -2.09. The Hall–Kier alpha value is -0.540. The van der Waals surface area contributed by atoms with E-state index < -0.39 is 0 Å². The van der Waals surface area contributed by atoms with E-state index in [1.807, 2.05) is 31.2 Å². The lowest BCUT2D eigenvalue weighted by Crippen LogP contribution is -2.07. The van der Waals surface area contributed by atoms with Crippen LogP contribution in [0, 0.1) is 5.92 Å².